The second-order valence-corrected chi connectivity index (χ2v) is 7.01. The number of rotatable bonds is 8. The van der Waals surface area contributed by atoms with Crippen LogP contribution in [0.2, 0.25) is 0 Å². The van der Waals surface area contributed by atoms with Gasteiger partial charge in [-0.3, -0.25) is 4.99 Å². The van der Waals surface area contributed by atoms with Gasteiger partial charge in [0.1, 0.15) is 5.60 Å². The summed E-state index contributed by atoms with van der Waals surface area (Å²) in [4.78, 5) is 18.3. The first-order chi connectivity index (χ1) is 11.9. The van der Waals surface area contributed by atoms with E-state index in [1.807, 2.05) is 20.8 Å². The van der Waals surface area contributed by atoms with Gasteiger partial charge < -0.3 is 29.7 Å². The van der Waals surface area contributed by atoms with Crippen LogP contribution in [0.4, 0.5) is 4.79 Å². The standard InChI is InChI=1S/C17H34N4O4.HI/c1-17(2,3)25-16(22)20-14-7-9-21(13-14)15(18-4)19-8-6-10-24-12-11-23-5;/h14H,6-13H2,1-5H3,(H,18,19)(H,20,22);1H. The minimum Gasteiger partial charge on any atom is -0.444 e. The van der Waals surface area contributed by atoms with Crippen molar-refractivity contribution in [2.45, 2.75) is 45.3 Å². The first-order valence-corrected chi connectivity index (χ1v) is 8.87. The fourth-order valence-electron chi connectivity index (χ4n) is 2.50. The number of hydrogen-bond donors (Lipinski definition) is 2. The van der Waals surface area contributed by atoms with Crippen molar-refractivity contribution in [1.82, 2.24) is 15.5 Å². The Morgan fingerprint density at radius 2 is 2.00 bits per heavy atom. The van der Waals surface area contributed by atoms with Crippen molar-refractivity contribution in [3.05, 3.63) is 0 Å². The van der Waals surface area contributed by atoms with E-state index in [2.05, 4.69) is 20.5 Å². The number of nitrogens with one attached hydrogen (secondary N) is 2. The highest BCUT2D eigenvalue weighted by molar-refractivity contribution is 14.0. The van der Waals surface area contributed by atoms with Gasteiger partial charge >= 0.3 is 6.09 Å². The summed E-state index contributed by atoms with van der Waals surface area (Å²) >= 11 is 0. The second kappa shape index (κ2) is 13.4. The highest BCUT2D eigenvalue weighted by Gasteiger charge is 2.27. The predicted molar refractivity (Wildman–Crippen MR) is 113 cm³/mol. The lowest BCUT2D eigenvalue weighted by Gasteiger charge is -2.23. The quantitative estimate of drug-likeness (QED) is 0.236. The third-order valence-corrected chi connectivity index (χ3v) is 3.60. The van der Waals surface area contributed by atoms with Crippen LogP contribution in [-0.2, 0) is 14.2 Å². The van der Waals surface area contributed by atoms with Crippen molar-refractivity contribution in [3.63, 3.8) is 0 Å². The Labute approximate surface area is 174 Å². The molecule has 1 heterocycles. The van der Waals surface area contributed by atoms with Crippen LogP contribution in [0.3, 0.4) is 0 Å². The molecule has 1 saturated heterocycles. The third kappa shape index (κ3) is 11.0. The summed E-state index contributed by atoms with van der Waals surface area (Å²) in [7, 11) is 3.43. The molecule has 0 saturated carbocycles. The van der Waals surface area contributed by atoms with Crippen molar-refractivity contribution >= 4 is 36.0 Å². The van der Waals surface area contributed by atoms with Crippen LogP contribution in [0.1, 0.15) is 33.6 Å². The molecular formula is C17H35IN4O4. The van der Waals surface area contributed by atoms with Crippen molar-refractivity contribution in [2.24, 2.45) is 4.99 Å². The number of methoxy groups -OCH3 is 1. The Hall–Kier alpha value is -0.810. The van der Waals surface area contributed by atoms with Gasteiger partial charge in [-0.2, -0.15) is 0 Å². The fourth-order valence-corrected chi connectivity index (χ4v) is 2.50. The number of aliphatic imine (C=N–C) groups is 1. The van der Waals surface area contributed by atoms with E-state index in [-0.39, 0.29) is 36.1 Å². The Balaban J connectivity index is 0.00000625. The van der Waals surface area contributed by atoms with E-state index in [1.54, 1.807) is 14.2 Å². The van der Waals surface area contributed by atoms with E-state index in [9.17, 15) is 4.79 Å². The topological polar surface area (TPSA) is 84.4 Å². The Kier molecular flexibility index (Phi) is 13.0. The Morgan fingerprint density at radius 1 is 1.27 bits per heavy atom. The smallest absolute Gasteiger partial charge is 0.407 e. The van der Waals surface area contributed by atoms with Gasteiger partial charge in [0, 0.05) is 40.4 Å². The van der Waals surface area contributed by atoms with Crippen LogP contribution < -0.4 is 10.6 Å². The number of carbonyl (C=O) groups is 1. The molecule has 0 aromatic carbocycles. The zero-order valence-corrected chi connectivity index (χ0v) is 19.0. The summed E-state index contributed by atoms with van der Waals surface area (Å²) in [5, 5.41) is 6.26. The largest absolute Gasteiger partial charge is 0.444 e. The van der Waals surface area contributed by atoms with E-state index >= 15 is 0 Å². The molecule has 1 fully saturated rings. The number of alkyl carbamates (subject to hydrolysis) is 1. The first-order valence-electron chi connectivity index (χ1n) is 8.87. The summed E-state index contributed by atoms with van der Waals surface area (Å²) in [6.45, 7) is 9.88. The molecule has 26 heavy (non-hydrogen) atoms. The maximum absolute atomic E-state index is 11.9. The van der Waals surface area contributed by atoms with Crippen LogP contribution in [0, 0.1) is 0 Å². The SMILES string of the molecule is CN=C(NCCCOCCOC)N1CCC(NC(=O)OC(C)(C)C)C1.I. The molecule has 0 bridgehead atoms. The summed E-state index contributed by atoms with van der Waals surface area (Å²) < 4.78 is 15.7. The number of carbonyl (C=O) groups excluding carboxylic acids is 1. The molecule has 1 unspecified atom stereocenters. The molecule has 1 amide bonds. The summed E-state index contributed by atoms with van der Waals surface area (Å²) in [6.07, 6.45) is 1.41. The highest BCUT2D eigenvalue weighted by Crippen LogP contribution is 2.11. The molecule has 1 aliphatic rings. The molecular weight excluding hydrogens is 451 g/mol. The van der Waals surface area contributed by atoms with Crippen molar-refractivity contribution < 1.29 is 19.0 Å². The molecule has 1 rings (SSSR count). The second-order valence-electron chi connectivity index (χ2n) is 7.01. The highest BCUT2D eigenvalue weighted by atomic mass is 127. The Morgan fingerprint density at radius 3 is 2.62 bits per heavy atom. The maximum atomic E-state index is 11.9. The van der Waals surface area contributed by atoms with Gasteiger partial charge in [0.15, 0.2) is 5.96 Å². The molecule has 0 aromatic rings. The lowest BCUT2D eigenvalue weighted by atomic mass is 10.2. The van der Waals surface area contributed by atoms with E-state index in [4.69, 9.17) is 14.2 Å². The van der Waals surface area contributed by atoms with Crippen molar-refractivity contribution in [1.29, 1.82) is 0 Å². The van der Waals surface area contributed by atoms with Gasteiger partial charge in [-0.15, -0.1) is 24.0 Å². The van der Waals surface area contributed by atoms with Crippen LogP contribution in [0.25, 0.3) is 0 Å². The minimum absolute atomic E-state index is 0. The van der Waals surface area contributed by atoms with Gasteiger partial charge in [0.05, 0.1) is 19.3 Å². The monoisotopic (exact) mass is 486 g/mol. The predicted octanol–water partition coefficient (Wildman–Crippen LogP) is 1.83. The number of ether oxygens (including phenoxy) is 3. The summed E-state index contributed by atoms with van der Waals surface area (Å²) in [5.74, 6) is 0.852. The molecule has 9 heteroatoms. The first kappa shape index (κ1) is 25.2. The van der Waals surface area contributed by atoms with Crippen molar-refractivity contribution in [3.8, 4) is 0 Å². The van der Waals surface area contributed by atoms with E-state index in [0.29, 0.717) is 19.8 Å². The van der Waals surface area contributed by atoms with Crippen LogP contribution >= 0.6 is 24.0 Å². The van der Waals surface area contributed by atoms with E-state index in [1.165, 1.54) is 0 Å². The maximum Gasteiger partial charge on any atom is 0.407 e. The van der Waals surface area contributed by atoms with E-state index in [0.717, 1.165) is 38.4 Å². The average Bonchev–Trinajstić information content (AvgIpc) is 2.96. The lowest BCUT2D eigenvalue weighted by molar-refractivity contribution is 0.0507. The van der Waals surface area contributed by atoms with Crippen molar-refractivity contribution in [2.75, 3.05) is 53.6 Å². The number of hydrogen-bond acceptors (Lipinski definition) is 5. The number of likely N-dealkylation sites (tertiary alicyclic amines) is 1. The molecule has 0 radical (unpaired) electrons. The van der Waals surface area contributed by atoms with Crippen LogP contribution in [0.5, 0.6) is 0 Å². The van der Waals surface area contributed by atoms with E-state index < -0.39 is 5.60 Å². The van der Waals surface area contributed by atoms with Crippen LogP contribution in [0.15, 0.2) is 4.99 Å². The molecule has 0 aromatic heterocycles. The molecule has 1 atom stereocenters. The van der Waals surface area contributed by atoms with Gasteiger partial charge in [-0.1, -0.05) is 0 Å². The zero-order chi connectivity index (χ0) is 18.7. The lowest BCUT2D eigenvalue weighted by Crippen LogP contribution is -2.44. The van der Waals surface area contributed by atoms with Crippen LogP contribution in [-0.4, -0.2) is 82.2 Å². The number of amides is 1. The van der Waals surface area contributed by atoms with Gasteiger partial charge in [0.2, 0.25) is 0 Å². The zero-order valence-electron chi connectivity index (χ0n) is 16.7. The molecule has 0 spiro atoms. The normalized spacial score (nSPS) is 17.7. The molecule has 8 nitrogen and oxygen atoms in total. The minimum atomic E-state index is -0.481. The number of nitrogens with zero attached hydrogens (tertiary/aromatic N) is 2. The average molecular weight is 486 g/mol. The molecule has 154 valence electrons. The molecule has 0 aliphatic carbocycles. The fraction of sp³-hybridized carbons (Fsp3) is 0.882. The Bertz CT molecular complexity index is 429. The molecule has 2 N–H and O–H groups in total. The summed E-state index contributed by atoms with van der Waals surface area (Å²) in [5.41, 5.74) is -0.481. The van der Waals surface area contributed by atoms with Gasteiger partial charge in [0.25, 0.3) is 0 Å². The number of halogens is 1. The molecule has 1 aliphatic heterocycles. The van der Waals surface area contributed by atoms with Gasteiger partial charge in [-0.05, 0) is 33.6 Å². The number of guanidine groups is 1. The van der Waals surface area contributed by atoms with Gasteiger partial charge in [-0.25, -0.2) is 4.79 Å². The third-order valence-electron chi connectivity index (χ3n) is 3.60. The summed E-state index contributed by atoms with van der Waals surface area (Å²) in [6, 6.07) is 0.0748.